The molecule has 1 heterocycles. The second-order valence-corrected chi connectivity index (χ2v) is 3.78. The van der Waals surface area contributed by atoms with Gasteiger partial charge in [0, 0.05) is 0 Å². The molecule has 19 heavy (non-hydrogen) atoms. The van der Waals surface area contributed by atoms with Gasteiger partial charge in [0.1, 0.15) is 17.1 Å². The minimum Gasteiger partial charge on any atom is -0.508 e. The zero-order valence-electron chi connectivity index (χ0n) is 9.57. The quantitative estimate of drug-likeness (QED) is 0.776. The van der Waals surface area contributed by atoms with Crippen molar-refractivity contribution < 1.29 is 24.9 Å². The lowest BCUT2D eigenvalue weighted by molar-refractivity contribution is 0.0685. The van der Waals surface area contributed by atoms with Crippen molar-refractivity contribution in [3.8, 4) is 16.9 Å². The van der Waals surface area contributed by atoms with Crippen LogP contribution in [0.2, 0.25) is 0 Å². The number of rotatable bonds is 3. The highest BCUT2D eigenvalue weighted by molar-refractivity contribution is 5.92. The van der Waals surface area contributed by atoms with Crippen LogP contribution in [0.15, 0.2) is 36.4 Å². The first-order chi connectivity index (χ1) is 8.97. The monoisotopic (exact) mass is 259 g/mol. The zero-order chi connectivity index (χ0) is 14.0. The highest BCUT2D eigenvalue weighted by atomic mass is 16.4. The van der Waals surface area contributed by atoms with E-state index in [0.29, 0.717) is 11.1 Å². The summed E-state index contributed by atoms with van der Waals surface area (Å²) in [5.74, 6) is -2.54. The van der Waals surface area contributed by atoms with E-state index < -0.39 is 11.9 Å². The molecule has 0 amide bonds. The third-order valence-electron chi connectivity index (χ3n) is 2.46. The first kappa shape index (κ1) is 12.6. The van der Waals surface area contributed by atoms with Gasteiger partial charge in [-0.1, -0.05) is 12.1 Å². The number of aromatic carboxylic acids is 2. The van der Waals surface area contributed by atoms with Crippen LogP contribution < -0.4 is 0 Å². The topological polar surface area (TPSA) is 108 Å². The molecule has 2 aromatic rings. The van der Waals surface area contributed by atoms with Crippen molar-refractivity contribution in [1.82, 2.24) is 4.98 Å². The maximum absolute atomic E-state index is 10.9. The van der Waals surface area contributed by atoms with Crippen LogP contribution in [0.1, 0.15) is 21.0 Å². The number of phenols is 1. The third kappa shape index (κ3) is 2.68. The number of pyridine rings is 1. The number of carbonyl (C=O) groups is 2. The minimum absolute atomic E-state index is 0.0646. The normalized spacial score (nSPS) is 10.1. The number of carboxylic acid groups (broad SMARTS) is 2. The molecule has 6 nitrogen and oxygen atoms in total. The molecule has 96 valence electrons. The summed E-state index contributed by atoms with van der Waals surface area (Å²) < 4.78 is 0. The SMILES string of the molecule is O=C(O)c1cc(-c2ccc(O)cc2)cc(C(=O)O)n1. The van der Waals surface area contributed by atoms with E-state index in [0.717, 1.165) is 0 Å². The first-order valence-electron chi connectivity index (χ1n) is 5.25. The van der Waals surface area contributed by atoms with Gasteiger partial charge >= 0.3 is 11.9 Å². The summed E-state index contributed by atoms with van der Waals surface area (Å²) >= 11 is 0. The van der Waals surface area contributed by atoms with Crippen molar-refractivity contribution in [2.75, 3.05) is 0 Å². The van der Waals surface area contributed by atoms with Crippen LogP contribution in [0, 0.1) is 0 Å². The van der Waals surface area contributed by atoms with Gasteiger partial charge in [-0.15, -0.1) is 0 Å². The fraction of sp³-hybridized carbons (Fsp3) is 0. The average molecular weight is 259 g/mol. The van der Waals surface area contributed by atoms with Crippen molar-refractivity contribution in [2.24, 2.45) is 0 Å². The molecule has 0 radical (unpaired) electrons. The summed E-state index contributed by atoms with van der Waals surface area (Å²) in [4.78, 5) is 25.4. The third-order valence-corrected chi connectivity index (χ3v) is 2.46. The predicted octanol–water partition coefficient (Wildman–Crippen LogP) is 1.85. The standard InChI is InChI=1S/C13H9NO5/c15-9-3-1-7(2-4-9)8-5-10(12(16)17)14-11(6-8)13(18)19/h1-6,15H,(H,16,17)(H,18,19). The van der Waals surface area contributed by atoms with Crippen molar-refractivity contribution in [1.29, 1.82) is 0 Å². The van der Waals surface area contributed by atoms with Crippen molar-refractivity contribution in [3.63, 3.8) is 0 Å². The van der Waals surface area contributed by atoms with Crippen molar-refractivity contribution >= 4 is 11.9 Å². The molecular formula is C13H9NO5. The van der Waals surface area contributed by atoms with Crippen LogP contribution >= 0.6 is 0 Å². The molecule has 0 aliphatic heterocycles. The van der Waals surface area contributed by atoms with Gasteiger partial charge in [0.2, 0.25) is 0 Å². The van der Waals surface area contributed by atoms with E-state index in [4.69, 9.17) is 10.2 Å². The number of nitrogens with zero attached hydrogens (tertiary/aromatic N) is 1. The molecule has 0 fully saturated rings. The molecule has 0 saturated heterocycles. The molecule has 3 N–H and O–H groups in total. The highest BCUT2D eigenvalue weighted by Crippen LogP contribution is 2.23. The predicted molar refractivity (Wildman–Crippen MR) is 65.3 cm³/mol. The molecule has 1 aromatic carbocycles. The Balaban J connectivity index is 2.59. The second-order valence-electron chi connectivity index (χ2n) is 3.78. The van der Waals surface area contributed by atoms with Gasteiger partial charge in [-0.3, -0.25) is 0 Å². The Hall–Kier alpha value is -2.89. The molecular weight excluding hydrogens is 250 g/mol. The van der Waals surface area contributed by atoms with Crippen LogP contribution in [0.25, 0.3) is 11.1 Å². The van der Waals surface area contributed by atoms with Gasteiger partial charge in [-0.2, -0.15) is 0 Å². The molecule has 0 bridgehead atoms. The lowest BCUT2D eigenvalue weighted by Crippen LogP contribution is -2.07. The molecule has 0 unspecified atom stereocenters. The van der Waals surface area contributed by atoms with Crippen LogP contribution in [0.4, 0.5) is 0 Å². The molecule has 6 heteroatoms. The van der Waals surface area contributed by atoms with Gasteiger partial charge in [-0.25, -0.2) is 14.6 Å². The molecule has 2 rings (SSSR count). The van der Waals surface area contributed by atoms with E-state index in [1.807, 2.05) is 0 Å². The molecule has 0 aliphatic carbocycles. The summed E-state index contributed by atoms with van der Waals surface area (Å²) in [7, 11) is 0. The lowest BCUT2D eigenvalue weighted by Gasteiger charge is -2.05. The van der Waals surface area contributed by atoms with Gasteiger partial charge in [0.05, 0.1) is 0 Å². The van der Waals surface area contributed by atoms with Gasteiger partial charge in [-0.05, 0) is 35.4 Å². The number of hydrogen-bond donors (Lipinski definition) is 3. The van der Waals surface area contributed by atoms with E-state index in [1.54, 1.807) is 12.1 Å². The van der Waals surface area contributed by atoms with E-state index in [2.05, 4.69) is 4.98 Å². The number of aromatic nitrogens is 1. The fourth-order valence-electron chi connectivity index (χ4n) is 1.57. The van der Waals surface area contributed by atoms with Crippen molar-refractivity contribution in [2.45, 2.75) is 0 Å². The van der Waals surface area contributed by atoms with Gasteiger partial charge in [0.15, 0.2) is 0 Å². The Kier molecular flexibility index (Phi) is 3.15. The Morgan fingerprint density at radius 1 is 0.842 bits per heavy atom. The first-order valence-corrected chi connectivity index (χ1v) is 5.25. The largest absolute Gasteiger partial charge is 0.508 e. The summed E-state index contributed by atoms with van der Waals surface area (Å²) in [5.41, 5.74) is 0.306. The Bertz CT molecular complexity index is 616. The van der Waals surface area contributed by atoms with E-state index in [9.17, 15) is 14.7 Å². The summed E-state index contributed by atoms with van der Waals surface area (Å²) in [6.45, 7) is 0. The smallest absolute Gasteiger partial charge is 0.354 e. The maximum atomic E-state index is 10.9. The number of carboxylic acids is 2. The van der Waals surface area contributed by atoms with Crippen LogP contribution in [0.5, 0.6) is 5.75 Å². The number of benzene rings is 1. The van der Waals surface area contributed by atoms with Crippen LogP contribution in [-0.2, 0) is 0 Å². The fourth-order valence-corrected chi connectivity index (χ4v) is 1.57. The van der Waals surface area contributed by atoms with E-state index >= 15 is 0 Å². The van der Waals surface area contributed by atoms with Crippen LogP contribution in [-0.4, -0.2) is 32.2 Å². The number of aromatic hydroxyl groups is 1. The summed E-state index contributed by atoms with van der Waals surface area (Å²) in [6, 6.07) is 8.53. The van der Waals surface area contributed by atoms with Crippen molar-refractivity contribution in [3.05, 3.63) is 47.8 Å². The maximum Gasteiger partial charge on any atom is 0.354 e. The lowest BCUT2D eigenvalue weighted by atomic mass is 10.0. The second kappa shape index (κ2) is 4.77. The Morgan fingerprint density at radius 2 is 1.32 bits per heavy atom. The summed E-state index contributed by atoms with van der Waals surface area (Å²) in [6.07, 6.45) is 0. The van der Waals surface area contributed by atoms with Crippen LogP contribution in [0.3, 0.4) is 0 Å². The van der Waals surface area contributed by atoms with E-state index in [1.165, 1.54) is 24.3 Å². The molecule has 0 saturated carbocycles. The molecule has 0 spiro atoms. The zero-order valence-corrected chi connectivity index (χ0v) is 9.57. The number of hydrogen-bond acceptors (Lipinski definition) is 4. The Labute approximate surface area is 107 Å². The van der Waals surface area contributed by atoms with Gasteiger partial charge in [0.25, 0.3) is 0 Å². The molecule has 1 aromatic heterocycles. The molecule has 0 atom stereocenters. The average Bonchev–Trinajstić information content (AvgIpc) is 2.39. The Morgan fingerprint density at radius 3 is 1.74 bits per heavy atom. The highest BCUT2D eigenvalue weighted by Gasteiger charge is 2.14. The minimum atomic E-state index is -1.30. The summed E-state index contributed by atoms with van der Waals surface area (Å²) in [5, 5.41) is 27.0. The van der Waals surface area contributed by atoms with E-state index in [-0.39, 0.29) is 17.1 Å². The number of phenolic OH excluding ortho intramolecular Hbond substituents is 1. The molecule has 0 aliphatic rings. The van der Waals surface area contributed by atoms with Gasteiger partial charge < -0.3 is 15.3 Å².